The summed E-state index contributed by atoms with van der Waals surface area (Å²) in [5.74, 6) is 0.0711. The van der Waals surface area contributed by atoms with Crippen molar-refractivity contribution in [3.63, 3.8) is 0 Å². The molecule has 19 heavy (non-hydrogen) atoms. The summed E-state index contributed by atoms with van der Waals surface area (Å²) >= 11 is 6.89. The first-order chi connectivity index (χ1) is 9.01. The van der Waals surface area contributed by atoms with E-state index in [-0.39, 0.29) is 18.1 Å². The first-order valence-corrected chi connectivity index (χ1v) is 8.19. The first-order valence-electron chi connectivity index (χ1n) is 6.28. The molecule has 1 heterocycles. The molecule has 2 rings (SSSR count). The molecule has 2 unspecified atom stereocenters. The van der Waals surface area contributed by atoms with E-state index in [9.17, 15) is 4.79 Å². The van der Waals surface area contributed by atoms with E-state index < -0.39 is 0 Å². The quantitative estimate of drug-likeness (QED) is 0.724. The summed E-state index contributed by atoms with van der Waals surface area (Å²) in [6.07, 6.45) is 0.149. The topological polar surface area (TPSA) is 29.5 Å². The van der Waals surface area contributed by atoms with Crippen molar-refractivity contribution in [2.24, 2.45) is 0 Å². The molecule has 0 aliphatic carbocycles. The second-order valence-electron chi connectivity index (χ2n) is 4.90. The Morgan fingerprint density at radius 2 is 2.21 bits per heavy atom. The number of hydrogen-bond donors (Lipinski definition) is 0. The van der Waals surface area contributed by atoms with E-state index in [1.807, 2.05) is 36.9 Å². The minimum absolute atomic E-state index is 0.0709. The number of alkyl halides is 1. The van der Waals surface area contributed by atoms with Gasteiger partial charge in [-0.2, -0.15) is 0 Å². The maximum absolute atomic E-state index is 12.5. The maximum atomic E-state index is 12.5. The largest absolute Gasteiger partial charge is 0.371 e. The van der Waals surface area contributed by atoms with Gasteiger partial charge >= 0.3 is 0 Å². The van der Waals surface area contributed by atoms with E-state index in [4.69, 9.17) is 4.74 Å². The predicted octanol–water partition coefficient (Wildman–Crippen LogP) is 3.38. The van der Waals surface area contributed by atoms with Crippen molar-refractivity contribution < 1.29 is 9.53 Å². The molecule has 0 radical (unpaired) electrons. The highest BCUT2D eigenvalue weighted by Gasteiger charge is 2.28. The Labute approximate surface area is 130 Å². The van der Waals surface area contributed by atoms with E-state index in [0.29, 0.717) is 13.1 Å². The molecule has 1 aromatic rings. The van der Waals surface area contributed by atoms with Crippen molar-refractivity contribution in [2.45, 2.75) is 26.1 Å². The summed E-state index contributed by atoms with van der Waals surface area (Å²) in [4.78, 5) is 14.4. The third kappa shape index (κ3) is 3.58. The van der Waals surface area contributed by atoms with Crippen molar-refractivity contribution in [3.8, 4) is 0 Å². The van der Waals surface area contributed by atoms with Crippen molar-refractivity contribution in [1.29, 1.82) is 0 Å². The fourth-order valence-corrected chi connectivity index (χ4v) is 2.94. The van der Waals surface area contributed by atoms with Gasteiger partial charge in [0, 0.05) is 28.5 Å². The van der Waals surface area contributed by atoms with Crippen molar-refractivity contribution >= 4 is 37.8 Å². The molecule has 1 aliphatic heterocycles. The molecular formula is C14H17Br2NO2. The van der Waals surface area contributed by atoms with Gasteiger partial charge in [-0.25, -0.2) is 0 Å². The number of halogens is 2. The minimum Gasteiger partial charge on any atom is -0.371 e. The number of hydrogen-bond acceptors (Lipinski definition) is 2. The Bertz CT molecular complexity index is 479. The van der Waals surface area contributed by atoms with Crippen LogP contribution in [0, 0.1) is 6.92 Å². The molecule has 1 saturated heterocycles. The lowest BCUT2D eigenvalue weighted by molar-refractivity contribution is -0.0559. The molecule has 0 N–H and O–H groups in total. The standard InChI is InChI=1S/C14H17Br2NO2/c1-9-3-4-11(5-13(9)16)14(18)17-7-10(2)19-12(6-15)8-17/h3-5,10,12H,6-8H2,1-2H3. The van der Waals surface area contributed by atoms with Crippen molar-refractivity contribution in [2.75, 3.05) is 18.4 Å². The predicted molar refractivity (Wildman–Crippen MR) is 82.9 cm³/mol. The lowest BCUT2D eigenvalue weighted by Gasteiger charge is -2.36. The third-order valence-corrected chi connectivity index (χ3v) is 4.78. The number of aryl methyl sites for hydroxylation is 1. The van der Waals surface area contributed by atoms with Crippen LogP contribution < -0.4 is 0 Å². The fraction of sp³-hybridized carbons (Fsp3) is 0.500. The van der Waals surface area contributed by atoms with Crippen LogP contribution in [0.5, 0.6) is 0 Å². The van der Waals surface area contributed by atoms with Gasteiger partial charge in [0.15, 0.2) is 0 Å². The van der Waals surface area contributed by atoms with Crippen LogP contribution in [0.1, 0.15) is 22.8 Å². The Hall–Kier alpha value is -0.390. The highest BCUT2D eigenvalue weighted by Crippen LogP contribution is 2.20. The van der Waals surface area contributed by atoms with E-state index in [1.165, 1.54) is 0 Å². The second kappa shape index (κ2) is 6.37. The number of benzene rings is 1. The summed E-state index contributed by atoms with van der Waals surface area (Å²) in [6, 6.07) is 5.73. The van der Waals surface area contributed by atoms with Gasteiger partial charge in [0.25, 0.3) is 5.91 Å². The van der Waals surface area contributed by atoms with Gasteiger partial charge in [0.2, 0.25) is 0 Å². The average Bonchev–Trinajstić information content (AvgIpc) is 2.40. The van der Waals surface area contributed by atoms with Crippen LogP contribution in [-0.2, 0) is 4.74 Å². The Morgan fingerprint density at radius 1 is 1.47 bits per heavy atom. The number of nitrogens with zero attached hydrogens (tertiary/aromatic N) is 1. The fourth-order valence-electron chi connectivity index (χ4n) is 2.20. The number of rotatable bonds is 2. The molecule has 1 aliphatic rings. The van der Waals surface area contributed by atoms with Crippen LogP contribution in [0.4, 0.5) is 0 Å². The first kappa shape index (κ1) is 15.0. The number of amides is 1. The number of morpholine rings is 1. The molecular weight excluding hydrogens is 374 g/mol. The number of carbonyl (C=O) groups is 1. The number of ether oxygens (including phenoxy) is 1. The van der Waals surface area contributed by atoms with Crippen LogP contribution in [-0.4, -0.2) is 41.4 Å². The summed E-state index contributed by atoms with van der Waals surface area (Å²) in [7, 11) is 0. The highest BCUT2D eigenvalue weighted by atomic mass is 79.9. The van der Waals surface area contributed by atoms with Crippen LogP contribution in [0.2, 0.25) is 0 Å². The lowest BCUT2D eigenvalue weighted by Crippen LogP contribution is -2.49. The van der Waals surface area contributed by atoms with E-state index in [1.54, 1.807) is 0 Å². The summed E-state index contributed by atoms with van der Waals surface area (Å²) in [6.45, 7) is 5.30. The van der Waals surface area contributed by atoms with Gasteiger partial charge in [0.1, 0.15) is 0 Å². The molecule has 5 heteroatoms. The molecule has 1 fully saturated rings. The van der Waals surface area contributed by atoms with Crippen LogP contribution in [0.3, 0.4) is 0 Å². The monoisotopic (exact) mass is 389 g/mol. The third-order valence-electron chi connectivity index (χ3n) is 3.20. The zero-order chi connectivity index (χ0) is 14.0. The summed E-state index contributed by atoms with van der Waals surface area (Å²) in [5, 5.41) is 0.749. The van der Waals surface area contributed by atoms with Crippen LogP contribution >= 0.6 is 31.9 Å². The molecule has 1 aromatic carbocycles. The van der Waals surface area contributed by atoms with Gasteiger partial charge in [-0.1, -0.05) is 37.9 Å². The van der Waals surface area contributed by atoms with Gasteiger partial charge in [-0.05, 0) is 31.5 Å². The molecule has 0 bridgehead atoms. The minimum atomic E-state index is 0.0709. The molecule has 0 spiro atoms. The highest BCUT2D eigenvalue weighted by molar-refractivity contribution is 9.10. The number of carbonyl (C=O) groups excluding carboxylic acids is 1. The van der Waals surface area contributed by atoms with Crippen LogP contribution in [0.25, 0.3) is 0 Å². The maximum Gasteiger partial charge on any atom is 0.254 e. The average molecular weight is 391 g/mol. The Morgan fingerprint density at radius 3 is 2.84 bits per heavy atom. The molecule has 0 aromatic heterocycles. The van der Waals surface area contributed by atoms with E-state index >= 15 is 0 Å². The Kier molecular flexibility index (Phi) is 5.03. The Balaban J connectivity index is 2.16. The summed E-state index contributed by atoms with van der Waals surface area (Å²) in [5.41, 5.74) is 1.85. The molecule has 3 nitrogen and oxygen atoms in total. The van der Waals surface area contributed by atoms with E-state index in [0.717, 1.165) is 20.9 Å². The summed E-state index contributed by atoms with van der Waals surface area (Å²) < 4.78 is 6.71. The molecule has 2 atom stereocenters. The van der Waals surface area contributed by atoms with Crippen LogP contribution in [0.15, 0.2) is 22.7 Å². The van der Waals surface area contributed by atoms with Gasteiger partial charge in [0.05, 0.1) is 12.2 Å². The molecule has 104 valence electrons. The zero-order valence-corrected chi connectivity index (χ0v) is 14.2. The molecule has 1 amide bonds. The SMILES string of the molecule is Cc1ccc(C(=O)N2CC(C)OC(CBr)C2)cc1Br. The van der Waals surface area contributed by atoms with Gasteiger partial charge < -0.3 is 9.64 Å². The molecule has 0 saturated carbocycles. The van der Waals surface area contributed by atoms with Gasteiger partial charge in [-0.15, -0.1) is 0 Å². The van der Waals surface area contributed by atoms with E-state index in [2.05, 4.69) is 31.9 Å². The second-order valence-corrected chi connectivity index (χ2v) is 6.40. The van der Waals surface area contributed by atoms with Gasteiger partial charge in [-0.3, -0.25) is 4.79 Å². The zero-order valence-electron chi connectivity index (χ0n) is 11.0. The van der Waals surface area contributed by atoms with Crippen molar-refractivity contribution in [1.82, 2.24) is 4.90 Å². The normalized spacial score (nSPS) is 23.5. The van der Waals surface area contributed by atoms with Crippen molar-refractivity contribution in [3.05, 3.63) is 33.8 Å². The lowest BCUT2D eigenvalue weighted by atomic mass is 10.1. The smallest absolute Gasteiger partial charge is 0.254 e.